The zero-order valence-electron chi connectivity index (χ0n) is 16.4. The number of amides is 2. The molecule has 2 aliphatic rings. The van der Waals surface area contributed by atoms with E-state index < -0.39 is 0 Å². The van der Waals surface area contributed by atoms with Crippen LogP contribution in [0.3, 0.4) is 0 Å². The van der Waals surface area contributed by atoms with E-state index in [-0.39, 0.29) is 24.3 Å². The van der Waals surface area contributed by atoms with Crippen molar-refractivity contribution in [3.05, 3.63) is 53.0 Å². The van der Waals surface area contributed by atoms with Gasteiger partial charge in [0.05, 0.1) is 37.4 Å². The molecule has 1 saturated heterocycles. The van der Waals surface area contributed by atoms with Crippen molar-refractivity contribution in [2.45, 2.75) is 25.9 Å². The van der Waals surface area contributed by atoms with Crippen LogP contribution in [0.15, 0.2) is 30.5 Å². The summed E-state index contributed by atoms with van der Waals surface area (Å²) >= 11 is 0. The van der Waals surface area contributed by atoms with Crippen LogP contribution >= 0.6 is 0 Å². The van der Waals surface area contributed by atoms with E-state index in [9.17, 15) is 9.59 Å². The highest BCUT2D eigenvalue weighted by atomic mass is 16.5. The lowest BCUT2D eigenvalue weighted by atomic mass is 10.1. The largest absolute Gasteiger partial charge is 0.481 e. The molecule has 0 radical (unpaired) electrons. The Hall–Kier alpha value is -3.00. The third-order valence-corrected chi connectivity index (χ3v) is 5.31. The number of carbonyl (C=O) groups is 2. The fraction of sp³-hybridized carbons (Fsp3) is 0.429. The van der Waals surface area contributed by atoms with E-state index in [2.05, 4.69) is 15.3 Å². The first-order valence-corrected chi connectivity index (χ1v) is 9.77. The maximum Gasteiger partial charge on any atom is 0.256 e. The molecule has 0 unspecified atom stereocenters. The van der Waals surface area contributed by atoms with E-state index in [0.29, 0.717) is 55.4 Å². The third kappa shape index (κ3) is 4.22. The van der Waals surface area contributed by atoms with Crippen LogP contribution in [0.2, 0.25) is 0 Å². The Bertz CT molecular complexity index is 897. The van der Waals surface area contributed by atoms with Gasteiger partial charge in [0.2, 0.25) is 11.8 Å². The van der Waals surface area contributed by atoms with E-state index in [1.807, 2.05) is 18.2 Å². The molecule has 0 aliphatic carbocycles. The second-order valence-corrected chi connectivity index (χ2v) is 7.23. The van der Waals surface area contributed by atoms with Crippen molar-refractivity contribution < 1.29 is 19.1 Å². The Kier molecular flexibility index (Phi) is 5.71. The molecule has 1 N–H and O–H groups in total. The van der Waals surface area contributed by atoms with Crippen LogP contribution in [0.4, 0.5) is 0 Å². The van der Waals surface area contributed by atoms with E-state index in [1.165, 1.54) is 0 Å². The first kappa shape index (κ1) is 19.3. The Morgan fingerprint density at radius 3 is 3.03 bits per heavy atom. The summed E-state index contributed by atoms with van der Waals surface area (Å²) in [5.74, 6) is 0.217. The van der Waals surface area contributed by atoms with Crippen molar-refractivity contribution in [1.29, 1.82) is 0 Å². The number of aromatic nitrogens is 2. The monoisotopic (exact) mass is 396 g/mol. The summed E-state index contributed by atoms with van der Waals surface area (Å²) < 4.78 is 10.7. The lowest BCUT2D eigenvalue weighted by Gasteiger charge is -2.14. The number of nitrogens with one attached hydrogen (secondary N) is 1. The summed E-state index contributed by atoms with van der Waals surface area (Å²) in [6.45, 7) is 2.35. The molecule has 8 nitrogen and oxygen atoms in total. The van der Waals surface area contributed by atoms with Crippen molar-refractivity contribution in [2.24, 2.45) is 5.92 Å². The molecule has 1 fully saturated rings. The van der Waals surface area contributed by atoms with Crippen LogP contribution in [0.25, 0.3) is 0 Å². The number of carbonyl (C=O) groups excluding carboxylic acids is 2. The molecule has 29 heavy (non-hydrogen) atoms. The molecule has 2 aromatic heterocycles. The van der Waals surface area contributed by atoms with Gasteiger partial charge in [-0.2, -0.15) is 0 Å². The standard InChI is InChI=1S/C21H24N4O4/c1-28-20-15(11-23-19(26)14-6-9-29-13-14)10-17-18(24-20)12-25(21(17)27)8-5-16-4-2-3-7-22-16/h2-4,7,10,14H,5-6,8-9,11-13H2,1H3,(H,23,26)/t14-/m0/s1. The zero-order chi connectivity index (χ0) is 20.2. The Labute approximate surface area is 169 Å². The first-order chi connectivity index (χ1) is 14.2. The molecule has 0 saturated carbocycles. The second-order valence-electron chi connectivity index (χ2n) is 7.23. The van der Waals surface area contributed by atoms with Gasteiger partial charge in [-0.15, -0.1) is 0 Å². The van der Waals surface area contributed by atoms with Gasteiger partial charge in [-0.1, -0.05) is 6.07 Å². The van der Waals surface area contributed by atoms with Gasteiger partial charge >= 0.3 is 0 Å². The van der Waals surface area contributed by atoms with Crippen LogP contribution in [0.1, 0.15) is 33.7 Å². The van der Waals surface area contributed by atoms with Crippen molar-refractivity contribution in [2.75, 3.05) is 26.9 Å². The van der Waals surface area contributed by atoms with Gasteiger partial charge in [0.25, 0.3) is 5.91 Å². The minimum Gasteiger partial charge on any atom is -0.481 e. The molecule has 0 spiro atoms. The summed E-state index contributed by atoms with van der Waals surface area (Å²) in [5.41, 5.74) is 2.91. The fourth-order valence-electron chi connectivity index (χ4n) is 3.65. The molecule has 1 atom stereocenters. The van der Waals surface area contributed by atoms with Gasteiger partial charge in [-0.25, -0.2) is 4.98 Å². The Morgan fingerprint density at radius 1 is 1.41 bits per heavy atom. The van der Waals surface area contributed by atoms with Crippen molar-refractivity contribution in [3.8, 4) is 5.88 Å². The van der Waals surface area contributed by atoms with Crippen molar-refractivity contribution in [3.63, 3.8) is 0 Å². The van der Waals surface area contributed by atoms with Gasteiger partial charge in [0.1, 0.15) is 0 Å². The van der Waals surface area contributed by atoms with Gasteiger partial charge in [-0.05, 0) is 24.6 Å². The van der Waals surface area contributed by atoms with Crippen LogP contribution in [0.5, 0.6) is 5.88 Å². The normalized spacial score (nSPS) is 18.0. The lowest BCUT2D eigenvalue weighted by Crippen LogP contribution is -2.30. The summed E-state index contributed by atoms with van der Waals surface area (Å²) in [7, 11) is 1.54. The van der Waals surface area contributed by atoms with E-state index in [1.54, 1.807) is 24.3 Å². The van der Waals surface area contributed by atoms with Crippen LogP contribution in [-0.2, 0) is 29.0 Å². The number of fused-ring (bicyclic) bond motifs is 1. The molecule has 2 amide bonds. The first-order valence-electron chi connectivity index (χ1n) is 9.77. The number of methoxy groups -OCH3 is 1. The van der Waals surface area contributed by atoms with Gasteiger partial charge < -0.3 is 19.7 Å². The van der Waals surface area contributed by atoms with Crippen molar-refractivity contribution in [1.82, 2.24) is 20.2 Å². The number of hydrogen-bond donors (Lipinski definition) is 1. The molecule has 4 heterocycles. The number of rotatable bonds is 7. The molecule has 8 heteroatoms. The number of pyridine rings is 2. The van der Waals surface area contributed by atoms with Crippen LogP contribution in [0, 0.1) is 5.92 Å². The van der Waals surface area contributed by atoms with Crippen molar-refractivity contribution >= 4 is 11.8 Å². The molecule has 0 aromatic carbocycles. The van der Waals surface area contributed by atoms with E-state index in [0.717, 1.165) is 12.1 Å². The minimum atomic E-state index is -0.118. The smallest absolute Gasteiger partial charge is 0.256 e. The van der Waals surface area contributed by atoms with Crippen LogP contribution in [-0.4, -0.2) is 53.6 Å². The maximum atomic E-state index is 12.8. The third-order valence-electron chi connectivity index (χ3n) is 5.31. The highest BCUT2D eigenvalue weighted by molar-refractivity contribution is 5.98. The van der Waals surface area contributed by atoms with Crippen LogP contribution < -0.4 is 10.1 Å². The average Bonchev–Trinajstić information content (AvgIpc) is 3.39. The Morgan fingerprint density at radius 2 is 2.31 bits per heavy atom. The van der Waals surface area contributed by atoms with E-state index >= 15 is 0 Å². The number of nitrogens with zero attached hydrogens (tertiary/aromatic N) is 3. The lowest BCUT2D eigenvalue weighted by molar-refractivity contribution is -0.125. The second kappa shape index (κ2) is 8.57. The van der Waals surface area contributed by atoms with Gasteiger partial charge in [-0.3, -0.25) is 14.6 Å². The summed E-state index contributed by atoms with van der Waals surface area (Å²) in [4.78, 5) is 35.7. The number of hydrogen-bond acceptors (Lipinski definition) is 6. The predicted octanol–water partition coefficient (Wildman–Crippen LogP) is 1.34. The van der Waals surface area contributed by atoms with E-state index in [4.69, 9.17) is 9.47 Å². The fourth-order valence-corrected chi connectivity index (χ4v) is 3.65. The molecule has 4 rings (SSSR count). The minimum absolute atomic E-state index is 0.0478. The highest BCUT2D eigenvalue weighted by Crippen LogP contribution is 2.27. The summed E-state index contributed by atoms with van der Waals surface area (Å²) in [5, 5.41) is 2.91. The predicted molar refractivity (Wildman–Crippen MR) is 104 cm³/mol. The Balaban J connectivity index is 1.43. The number of ether oxygens (including phenoxy) is 2. The topological polar surface area (TPSA) is 93.7 Å². The highest BCUT2D eigenvalue weighted by Gasteiger charge is 2.30. The molecular weight excluding hydrogens is 372 g/mol. The zero-order valence-corrected chi connectivity index (χ0v) is 16.4. The quantitative estimate of drug-likeness (QED) is 0.759. The average molecular weight is 396 g/mol. The summed E-state index contributed by atoms with van der Waals surface area (Å²) in [6, 6.07) is 7.55. The van der Waals surface area contributed by atoms with Gasteiger partial charge in [0.15, 0.2) is 0 Å². The molecule has 2 aromatic rings. The SMILES string of the molecule is COc1nc2c(cc1CNC(=O)[C@H]1CCOC1)C(=O)N(CCc1ccccn1)C2. The molecule has 152 valence electrons. The molecule has 2 aliphatic heterocycles. The molecular formula is C21H24N4O4. The molecule has 0 bridgehead atoms. The maximum absolute atomic E-state index is 12.8. The van der Waals surface area contributed by atoms with Gasteiger partial charge in [0, 0.05) is 43.6 Å². The summed E-state index contributed by atoms with van der Waals surface area (Å²) in [6.07, 6.45) is 3.17.